The molecule has 1 aliphatic heterocycles. The van der Waals surface area contributed by atoms with Crippen molar-refractivity contribution >= 4 is 21.8 Å². The highest BCUT2D eigenvalue weighted by molar-refractivity contribution is 7.89. The number of hydrogen-bond donors (Lipinski definition) is 2. The number of nitrogens with zero attached hydrogens (tertiary/aromatic N) is 1. The molecule has 1 rings (SSSR count). The van der Waals surface area contributed by atoms with E-state index in [1.165, 1.54) is 11.2 Å². The Morgan fingerprint density at radius 1 is 1.14 bits per heavy atom. The van der Waals surface area contributed by atoms with Gasteiger partial charge in [-0.3, -0.25) is 9.59 Å². The molecule has 0 aromatic heterocycles. The Labute approximate surface area is 132 Å². The van der Waals surface area contributed by atoms with Crippen LogP contribution in [0, 0.1) is 5.92 Å². The molecular formula is C14H27N3O4S. The van der Waals surface area contributed by atoms with Crippen LogP contribution in [0.15, 0.2) is 0 Å². The number of nitrogens with one attached hydrogen (secondary N) is 2. The summed E-state index contributed by atoms with van der Waals surface area (Å²) in [6.45, 7) is 5.02. The van der Waals surface area contributed by atoms with Gasteiger partial charge in [-0.1, -0.05) is 13.3 Å². The Hall–Kier alpha value is -1.15. The van der Waals surface area contributed by atoms with Crippen molar-refractivity contribution in [2.45, 2.75) is 39.5 Å². The zero-order valence-corrected chi connectivity index (χ0v) is 14.2. The topological polar surface area (TPSA) is 95.6 Å². The van der Waals surface area contributed by atoms with Crippen molar-refractivity contribution in [3.63, 3.8) is 0 Å². The molecule has 7 nitrogen and oxygen atoms in total. The SMILES string of the molecule is CCCCS(=O)(=O)N1CCC(C(=O)NCCNC(C)=O)CC1. The molecule has 0 saturated carbocycles. The second-order valence-corrected chi connectivity index (χ2v) is 7.71. The third kappa shape index (κ3) is 6.31. The Morgan fingerprint density at radius 3 is 2.27 bits per heavy atom. The smallest absolute Gasteiger partial charge is 0.223 e. The van der Waals surface area contributed by atoms with E-state index in [0.29, 0.717) is 45.4 Å². The maximum atomic E-state index is 12.1. The van der Waals surface area contributed by atoms with E-state index < -0.39 is 10.0 Å². The second-order valence-electron chi connectivity index (χ2n) is 5.62. The molecule has 0 bridgehead atoms. The van der Waals surface area contributed by atoms with E-state index >= 15 is 0 Å². The predicted octanol–water partition coefficient (Wildman–Crippen LogP) is 0.0806. The second kappa shape index (κ2) is 9.09. The van der Waals surface area contributed by atoms with Crippen LogP contribution in [0.25, 0.3) is 0 Å². The van der Waals surface area contributed by atoms with Crippen LogP contribution in [0.5, 0.6) is 0 Å². The molecule has 1 saturated heterocycles. The summed E-state index contributed by atoms with van der Waals surface area (Å²) in [5, 5.41) is 5.38. The molecule has 22 heavy (non-hydrogen) atoms. The van der Waals surface area contributed by atoms with Gasteiger partial charge in [-0.05, 0) is 19.3 Å². The lowest BCUT2D eigenvalue weighted by Gasteiger charge is -2.30. The number of carbonyl (C=O) groups excluding carboxylic acids is 2. The molecule has 2 amide bonds. The Bertz CT molecular complexity index is 470. The van der Waals surface area contributed by atoms with Crippen molar-refractivity contribution in [1.29, 1.82) is 0 Å². The van der Waals surface area contributed by atoms with E-state index in [9.17, 15) is 18.0 Å². The third-order valence-electron chi connectivity index (χ3n) is 3.77. The van der Waals surface area contributed by atoms with Crippen molar-refractivity contribution < 1.29 is 18.0 Å². The zero-order valence-electron chi connectivity index (χ0n) is 13.4. The molecule has 0 aliphatic carbocycles. The molecule has 1 heterocycles. The van der Waals surface area contributed by atoms with Gasteiger partial charge in [-0.2, -0.15) is 0 Å². The fourth-order valence-corrected chi connectivity index (χ4v) is 4.10. The quantitative estimate of drug-likeness (QED) is 0.615. The van der Waals surface area contributed by atoms with Crippen LogP contribution in [-0.4, -0.2) is 56.5 Å². The standard InChI is InChI=1S/C14H27N3O4S/c1-3-4-11-22(20,21)17-9-5-13(6-10-17)14(19)16-8-7-15-12(2)18/h13H,3-11H2,1-2H3,(H,15,18)(H,16,19). The first-order chi connectivity index (χ1) is 10.4. The molecule has 0 spiro atoms. The van der Waals surface area contributed by atoms with Crippen LogP contribution in [-0.2, 0) is 19.6 Å². The van der Waals surface area contributed by atoms with Gasteiger partial charge in [0.15, 0.2) is 0 Å². The largest absolute Gasteiger partial charge is 0.355 e. The van der Waals surface area contributed by atoms with Gasteiger partial charge in [0, 0.05) is 39.0 Å². The first-order valence-electron chi connectivity index (χ1n) is 7.86. The number of unbranched alkanes of at least 4 members (excludes halogenated alkanes) is 1. The maximum absolute atomic E-state index is 12.1. The monoisotopic (exact) mass is 333 g/mol. The van der Waals surface area contributed by atoms with Crippen molar-refractivity contribution in [1.82, 2.24) is 14.9 Å². The fourth-order valence-electron chi connectivity index (χ4n) is 2.42. The number of hydrogen-bond acceptors (Lipinski definition) is 4. The number of rotatable bonds is 8. The lowest BCUT2D eigenvalue weighted by atomic mass is 9.97. The average molecular weight is 333 g/mol. The van der Waals surface area contributed by atoms with Gasteiger partial charge < -0.3 is 10.6 Å². The summed E-state index contributed by atoms with van der Waals surface area (Å²) in [4.78, 5) is 22.7. The van der Waals surface area contributed by atoms with Crippen LogP contribution < -0.4 is 10.6 Å². The lowest BCUT2D eigenvalue weighted by molar-refractivity contribution is -0.126. The first kappa shape index (κ1) is 18.9. The summed E-state index contributed by atoms with van der Waals surface area (Å²) >= 11 is 0. The normalized spacial score (nSPS) is 17.2. The summed E-state index contributed by atoms with van der Waals surface area (Å²) in [5.74, 6) is -0.136. The van der Waals surface area contributed by atoms with Crippen LogP contribution in [0.3, 0.4) is 0 Å². The van der Waals surface area contributed by atoms with Gasteiger partial charge >= 0.3 is 0 Å². The van der Waals surface area contributed by atoms with E-state index in [4.69, 9.17) is 0 Å². The van der Waals surface area contributed by atoms with Crippen molar-refractivity contribution in [2.24, 2.45) is 5.92 Å². The van der Waals surface area contributed by atoms with E-state index in [1.54, 1.807) is 0 Å². The Kier molecular flexibility index (Phi) is 7.81. The summed E-state index contributed by atoms with van der Waals surface area (Å²) in [7, 11) is -3.17. The Balaban J connectivity index is 2.32. The van der Waals surface area contributed by atoms with E-state index in [-0.39, 0.29) is 23.5 Å². The molecular weight excluding hydrogens is 306 g/mol. The van der Waals surface area contributed by atoms with Crippen LogP contribution >= 0.6 is 0 Å². The molecule has 1 fully saturated rings. The lowest BCUT2D eigenvalue weighted by Crippen LogP contribution is -2.44. The van der Waals surface area contributed by atoms with Crippen molar-refractivity contribution in [2.75, 3.05) is 31.9 Å². The number of piperidine rings is 1. The minimum atomic E-state index is -3.17. The van der Waals surface area contributed by atoms with Gasteiger partial charge in [0.1, 0.15) is 0 Å². The molecule has 8 heteroatoms. The number of sulfonamides is 1. The minimum Gasteiger partial charge on any atom is -0.355 e. The van der Waals surface area contributed by atoms with E-state index in [1.807, 2.05) is 6.92 Å². The molecule has 1 aliphatic rings. The van der Waals surface area contributed by atoms with Gasteiger partial charge in [-0.15, -0.1) is 0 Å². The Morgan fingerprint density at radius 2 is 1.73 bits per heavy atom. The molecule has 0 unspecified atom stereocenters. The predicted molar refractivity (Wildman–Crippen MR) is 84.7 cm³/mol. The highest BCUT2D eigenvalue weighted by Crippen LogP contribution is 2.20. The third-order valence-corrected chi connectivity index (χ3v) is 5.73. The maximum Gasteiger partial charge on any atom is 0.223 e. The number of carbonyl (C=O) groups is 2. The first-order valence-corrected chi connectivity index (χ1v) is 9.47. The van der Waals surface area contributed by atoms with Crippen LogP contribution in [0.2, 0.25) is 0 Å². The van der Waals surface area contributed by atoms with E-state index in [0.717, 1.165) is 6.42 Å². The summed E-state index contributed by atoms with van der Waals surface area (Å²) in [5.41, 5.74) is 0. The van der Waals surface area contributed by atoms with Gasteiger partial charge in [-0.25, -0.2) is 12.7 Å². The molecule has 0 atom stereocenters. The molecule has 128 valence electrons. The zero-order chi connectivity index (χ0) is 16.6. The molecule has 0 radical (unpaired) electrons. The van der Waals surface area contributed by atoms with E-state index in [2.05, 4.69) is 10.6 Å². The van der Waals surface area contributed by atoms with Gasteiger partial charge in [0.2, 0.25) is 21.8 Å². The van der Waals surface area contributed by atoms with Crippen LogP contribution in [0.1, 0.15) is 39.5 Å². The summed E-state index contributed by atoms with van der Waals surface area (Å²) < 4.78 is 25.7. The van der Waals surface area contributed by atoms with Gasteiger partial charge in [0.05, 0.1) is 5.75 Å². The van der Waals surface area contributed by atoms with Crippen molar-refractivity contribution in [3.05, 3.63) is 0 Å². The highest BCUT2D eigenvalue weighted by Gasteiger charge is 2.30. The highest BCUT2D eigenvalue weighted by atomic mass is 32.2. The number of amides is 2. The fraction of sp³-hybridized carbons (Fsp3) is 0.857. The molecule has 0 aromatic carbocycles. The average Bonchev–Trinajstić information content (AvgIpc) is 2.49. The summed E-state index contributed by atoms with van der Waals surface area (Å²) in [6.07, 6.45) is 2.63. The van der Waals surface area contributed by atoms with Crippen molar-refractivity contribution in [3.8, 4) is 0 Å². The molecule has 2 N–H and O–H groups in total. The van der Waals surface area contributed by atoms with Gasteiger partial charge in [0.25, 0.3) is 0 Å². The minimum absolute atomic E-state index is 0.0593. The molecule has 0 aromatic rings. The van der Waals surface area contributed by atoms with Crippen LogP contribution in [0.4, 0.5) is 0 Å². The summed E-state index contributed by atoms with van der Waals surface area (Å²) in [6, 6.07) is 0.